The van der Waals surface area contributed by atoms with E-state index >= 15 is 0 Å². The molecule has 72 valence electrons. The lowest BCUT2D eigenvalue weighted by molar-refractivity contribution is 0.0247. The molecule has 0 radical (unpaired) electrons. The molecule has 0 unspecified atom stereocenters. The molecule has 0 aromatic carbocycles. The molecule has 0 aromatic rings. The van der Waals surface area contributed by atoms with Crippen molar-refractivity contribution in [3.05, 3.63) is 0 Å². The third-order valence-corrected chi connectivity index (χ3v) is 2.89. The zero-order chi connectivity index (χ0) is 8.81. The van der Waals surface area contributed by atoms with Crippen LogP contribution in [0.1, 0.15) is 52.4 Å². The summed E-state index contributed by atoms with van der Waals surface area (Å²) in [6.45, 7) is 5.27. The van der Waals surface area contributed by atoms with Gasteiger partial charge in [0.2, 0.25) is 0 Å². The summed E-state index contributed by atoms with van der Waals surface area (Å²) in [5.74, 6) is 1.01. The van der Waals surface area contributed by atoms with Crippen LogP contribution in [-0.4, -0.2) is 12.7 Å². The Bertz CT molecular complexity index is 89.6. The topological polar surface area (TPSA) is 9.23 Å². The van der Waals surface area contributed by atoms with Gasteiger partial charge in [0.05, 0.1) is 6.10 Å². The van der Waals surface area contributed by atoms with Gasteiger partial charge in [0.15, 0.2) is 0 Å². The normalized spacial score (nSPS) is 30.5. The summed E-state index contributed by atoms with van der Waals surface area (Å²) in [6.07, 6.45) is 8.78. The van der Waals surface area contributed by atoms with E-state index in [4.69, 9.17) is 4.74 Å². The Morgan fingerprint density at radius 1 is 1.08 bits per heavy atom. The van der Waals surface area contributed by atoms with Gasteiger partial charge >= 0.3 is 0 Å². The molecular weight excluding hydrogens is 148 g/mol. The Hall–Kier alpha value is -0.0400. The quantitative estimate of drug-likeness (QED) is 0.628. The number of hydrogen-bond acceptors (Lipinski definition) is 1. The molecule has 0 aliphatic heterocycles. The second-order valence-electron chi connectivity index (χ2n) is 3.89. The third kappa shape index (κ3) is 3.14. The monoisotopic (exact) mass is 170 g/mol. The Balaban J connectivity index is 2.11. The average Bonchev–Trinajstić information content (AvgIpc) is 2.09. The van der Waals surface area contributed by atoms with E-state index in [-0.39, 0.29) is 0 Å². The highest BCUT2D eigenvalue weighted by atomic mass is 16.5. The van der Waals surface area contributed by atoms with Crippen LogP contribution in [0.5, 0.6) is 0 Å². The van der Waals surface area contributed by atoms with Crippen molar-refractivity contribution in [3.8, 4) is 0 Å². The van der Waals surface area contributed by atoms with Crippen molar-refractivity contribution in [2.75, 3.05) is 6.61 Å². The highest BCUT2D eigenvalue weighted by Gasteiger charge is 2.20. The Kier molecular flexibility index (Phi) is 4.67. The SMILES string of the molecule is CCC[C@H]1CC[C@@H](OCC)CC1. The van der Waals surface area contributed by atoms with Crippen molar-refractivity contribution in [2.24, 2.45) is 5.92 Å². The van der Waals surface area contributed by atoms with Crippen LogP contribution in [0.15, 0.2) is 0 Å². The predicted octanol–water partition coefficient (Wildman–Crippen LogP) is 3.38. The minimum absolute atomic E-state index is 0.586. The summed E-state index contributed by atoms with van der Waals surface area (Å²) in [7, 11) is 0. The summed E-state index contributed by atoms with van der Waals surface area (Å²) in [4.78, 5) is 0. The van der Waals surface area contributed by atoms with Crippen molar-refractivity contribution >= 4 is 0 Å². The highest BCUT2D eigenvalue weighted by molar-refractivity contribution is 4.72. The summed E-state index contributed by atoms with van der Waals surface area (Å²) >= 11 is 0. The molecule has 0 amide bonds. The van der Waals surface area contributed by atoms with E-state index in [9.17, 15) is 0 Å². The second kappa shape index (κ2) is 5.58. The van der Waals surface area contributed by atoms with Gasteiger partial charge in [-0.1, -0.05) is 19.8 Å². The van der Waals surface area contributed by atoms with Crippen molar-refractivity contribution in [3.63, 3.8) is 0 Å². The molecule has 0 aromatic heterocycles. The van der Waals surface area contributed by atoms with Gasteiger partial charge in [-0.2, -0.15) is 0 Å². The van der Waals surface area contributed by atoms with E-state index in [1.54, 1.807) is 0 Å². The maximum Gasteiger partial charge on any atom is 0.0575 e. The summed E-state index contributed by atoms with van der Waals surface area (Å²) in [5.41, 5.74) is 0. The van der Waals surface area contributed by atoms with Crippen molar-refractivity contribution in [1.29, 1.82) is 0 Å². The van der Waals surface area contributed by atoms with Crippen molar-refractivity contribution in [1.82, 2.24) is 0 Å². The van der Waals surface area contributed by atoms with Crippen LogP contribution in [-0.2, 0) is 4.74 Å². The van der Waals surface area contributed by atoms with Gasteiger partial charge in [-0.25, -0.2) is 0 Å². The van der Waals surface area contributed by atoms with Crippen molar-refractivity contribution in [2.45, 2.75) is 58.5 Å². The Labute approximate surface area is 76.5 Å². The number of ether oxygens (including phenoxy) is 1. The molecule has 1 nitrogen and oxygen atoms in total. The van der Waals surface area contributed by atoms with Crippen LogP contribution in [0.25, 0.3) is 0 Å². The summed E-state index contributed by atoms with van der Waals surface area (Å²) in [5, 5.41) is 0. The fourth-order valence-corrected chi connectivity index (χ4v) is 2.23. The van der Waals surface area contributed by atoms with E-state index < -0.39 is 0 Å². The molecule has 0 heterocycles. The van der Waals surface area contributed by atoms with E-state index in [2.05, 4.69) is 13.8 Å². The van der Waals surface area contributed by atoms with Gasteiger partial charge in [0.1, 0.15) is 0 Å². The predicted molar refractivity (Wildman–Crippen MR) is 52.3 cm³/mol. The van der Waals surface area contributed by atoms with Crippen LogP contribution in [0.3, 0.4) is 0 Å². The number of hydrogen-bond donors (Lipinski definition) is 0. The molecule has 0 N–H and O–H groups in total. The van der Waals surface area contributed by atoms with Gasteiger partial charge in [-0.3, -0.25) is 0 Å². The molecular formula is C11H22O. The average molecular weight is 170 g/mol. The summed E-state index contributed by atoms with van der Waals surface area (Å²) in [6, 6.07) is 0. The molecule has 1 rings (SSSR count). The van der Waals surface area contributed by atoms with Gasteiger partial charge in [0.25, 0.3) is 0 Å². The highest BCUT2D eigenvalue weighted by Crippen LogP contribution is 2.28. The zero-order valence-electron chi connectivity index (χ0n) is 8.51. The third-order valence-electron chi connectivity index (χ3n) is 2.89. The first-order valence-corrected chi connectivity index (χ1v) is 5.48. The van der Waals surface area contributed by atoms with E-state index in [1.165, 1.54) is 38.5 Å². The minimum atomic E-state index is 0.586. The Morgan fingerprint density at radius 3 is 2.25 bits per heavy atom. The molecule has 1 heteroatoms. The van der Waals surface area contributed by atoms with E-state index in [0.717, 1.165) is 12.5 Å². The summed E-state index contributed by atoms with van der Waals surface area (Å²) < 4.78 is 5.61. The molecule has 0 saturated heterocycles. The lowest BCUT2D eigenvalue weighted by Crippen LogP contribution is -2.21. The smallest absolute Gasteiger partial charge is 0.0575 e. The molecule has 1 fully saturated rings. The van der Waals surface area contributed by atoms with Crippen molar-refractivity contribution < 1.29 is 4.74 Å². The molecule has 0 bridgehead atoms. The maximum atomic E-state index is 5.61. The lowest BCUT2D eigenvalue weighted by atomic mass is 9.85. The first-order valence-electron chi connectivity index (χ1n) is 5.48. The molecule has 1 aliphatic rings. The first-order chi connectivity index (χ1) is 5.86. The fourth-order valence-electron chi connectivity index (χ4n) is 2.23. The first kappa shape index (κ1) is 10.0. The van der Waals surface area contributed by atoms with Crippen LogP contribution < -0.4 is 0 Å². The Morgan fingerprint density at radius 2 is 1.75 bits per heavy atom. The minimum Gasteiger partial charge on any atom is -0.379 e. The van der Waals surface area contributed by atoms with E-state index in [1.807, 2.05) is 0 Å². The van der Waals surface area contributed by atoms with Gasteiger partial charge in [-0.05, 0) is 38.5 Å². The van der Waals surface area contributed by atoms with Gasteiger partial charge < -0.3 is 4.74 Å². The van der Waals surface area contributed by atoms with Crippen LogP contribution in [0.4, 0.5) is 0 Å². The van der Waals surface area contributed by atoms with Crippen LogP contribution in [0, 0.1) is 5.92 Å². The van der Waals surface area contributed by atoms with Gasteiger partial charge in [-0.15, -0.1) is 0 Å². The zero-order valence-corrected chi connectivity index (χ0v) is 8.51. The fraction of sp³-hybridized carbons (Fsp3) is 1.00. The number of rotatable bonds is 4. The second-order valence-corrected chi connectivity index (χ2v) is 3.89. The van der Waals surface area contributed by atoms with E-state index in [0.29, 0.717) is 6.10 Å². The molecule has 1 aliphatic carbocycles. The molecule has 0 atom stereocenters. The molecule has 1 saturated carbocycles. The van der Waals surface area contributed by atoms with Gasteiger partial charge in [0, 0.05) is 6.61 Å². The van der Waals surface area contributed by atoms with Crippen LogP contribution >= 0.6 is 0 Å². The maximum absolute atomic E-state index is 5.61. The van der Waals surface area contributed by atoms with Crippen LogP contribution in [0.2, 0.25) is 0 Å². The largest absolute Gasteiger partial charge is 0.379 e. The standard InChI is InChI=1S/C11H22O/c1-3-5-10-6-8-11(9-7-10)12-4-2/h10-11H,3-9H2,1-2H3/t10-,11+. The lowest BCUT2D eigenvalue weighted by Gasteiger charge is -2.27. The molecule has 12 heavy (non-hydrogen) atoms. The molecule has 0 spiro atoms.